The van der Waals surface area contributed by atoms with E-state index in [2.05, 4.69) is 79.5 Å². The number of rotatable bonds is 7. The summed E-state index contributed by atoms with van der Waals surface area (Å²) < 4.78 is 0.673. The third-order valence-electron chi connectivity index (χ3n) is 3.00. The maximum Gasteiger partial charge on any atom is 0.0135 e. The first-order chi connectivity index (χ1) is 7.39. The second-order valence-corrected chi connectivity index (χ2v) is 9.94. The Morgan fingerprint density at radius 3 is 1.76 bits per heavy atom. The molecule has 0 atom stereocenters. The minimum absolute atomic E-state index is 0.213. The molecule has 0 radical (unpaired) electrons. The average Bonchev–Trinajstić information content (AvgIpc) is 1.96. The Morgan fingerprint density at radius 2 is 1.41 bits per heavy atom. The molecule has 2 heteroatoms. The maximum absolute atomic E-state index is 3.41. The van der Waals surface area contributed by atoms with E-state index in [9.17, 15) is 0 Å². The molecule has 0 spiro atoms. The van der Waals surface area contributed by atoms with Gasteiger partial charge < -0.3 is 5.32 Å². The zero-order valence-electron chi connectivity index (χ0n) is 13.4. The highest BCUT2D eigenvalue weighted by atomic mass is 32.2. The lowest BCUT2D eigenvalue weighted by atomic mass is 9.92. The van der Waals surface area contributed by atoms with E-state index in [1.54, 1.807) is 0 Å². The van der Waals surface area contributed by atoms with Crippen LogP contribution in [0.2, 0.25) is 0 Å². The summed E-state index contributed by atoms with van der Waals surface area (Å²) in [6.45, 7) is 18.7. The van der Waals surface area contributed by atoms with Crippen molar-refractivity contribution in [2.45, 2.75) is 83.3 Å². The minimum atomic E-state index is 0.213. The number of hydrogen-bond donors (Lipinski definition) is 1. The number of hydrogen-bond acceptors (Lipinski definition) is 2. The first-order valence-corrected chi connectivity index (χ1v) is 7.60. The van der Waals surface area contributed by atoms with Crippen molar-refractivity contribution in [3.05, 3.63) is 0 Å². The molecule has 0 aromatic rings. The summed E-state index contributed by atoms with van der Waals surface area (Å²) in [6, 6.07) is 0. The van der Waals surface area contributed by atoms with Gasteiger partial charge in [0.05, 0.1) is 0 Å². The van der Waals surface area contributed by atoms with Gasteiger partial charge in [0.25, 0.3) is 0 Å². The molecule has 0 aliphatic carbocycles. The highest BCUT2D eigenvalue weighted by molar-refractivity contribution is 8.01. The van der Waals surface area contributed by atoms with Gasteiger partial charge in [-0.2, -0.15) is 0 Å². The van der Waals surface area contributed by atoms with E-state index >= 15 is 0 Å². The van der Waals surface area contributed by atoms with Crippen molar-refractivity contribution < 1.29 is 0 Å². The van der Waals surface area contributed by atoms with Crippen molar-refractivity contribution in [3.63, 3.8) is 0 Å². The van der Waals surface area contributed by atoms with Gasteiger partial charge in [0.15, 0.2) is 0 Å². The molecule has 1 nitrogen and oxygen atoms in total. The van der Waals surface area contributed by atoms with Gasteiger partial charge in [0.1, 0.15) is 0 Å². The first-order valence-electron chi connectivity index (χ1n) is 6.78. The van der Waals surface area contributed by atoms with Crippen molar-refractivity contribution in [2.75, 3.05) is 7.05 Å². The van der Waals surface area contributed by atoms with Crippen LogP contribution in [-0.2, 0) is 0 Å². The van der Waals surface area contributed by atoms with Crippen LogP contribution >= 0.6 is 11.8 Å². The summed E-state index contributed by atoms with van der Waals surface area (Å²) in [7, 11) is 2.06. The quantitative estimate of drug-likeness (QED) is 0.710. The molecular formula is C15H33NS. The molecule has 0 aromatic carbocycles. The van der Waals surface area contributed by atoms with E-state index in [4.69, 9.17) is 0 Å². The van der Waals surface area contributed by atoms with E-state index in [0.717, 1.165) is 5.92 Å². The lowest BCUT2D eigenvalue weighted by molar-refractivity contribution is 0.355. The van der Waals surface area contributed by atoms with Crippen molar-refractivity contribution in [1.82, 2.24) is 5.32 Å². The Morgan fingerprint density at radius 1 is 0.941 bits per heavy atom. The van der Waals surface area contributed by atoms with Crippen LogP contribution in [0.1, 0.15) is 68.2 Å². The van der Waals surface area contributed by atoms with E-state index in [1.165, 1.54) is 12.8 Å². The third-order valence-corrected chi connectivity index (χ3v) is 4.41. The molecule has 0 aliphatic heterocycles. The molecule has 104 valence electrons. The molecule has 0 saturated carbocycles. The van der Waals surface area contributed by atoms with Gasteiger partial charge in [-0.15, -0.1) is 11.8 Å². The van der Waals surface area contributed by atoms with Gasteiger partial charge in [0, 0.05) is 15.0 Å². The highest BCUT2D eigenvalue weighted by Crippen LogP contribution is 2.43. The standard InChI is InChI=1S/C15H33NS/c1-12(2)10-14(5,6)17-15(7,8)11-13(3,4)16-9/h12,16H,10-11H2,1-9H3. The second-order valence-electron chi connectivity index (χ2n) is 7.53. The summed E-state index contributed by atoms with van der Waals surface area (Å²) >= 11 is 2.13. The lowest BCUT2D eigenvalue weighted by Crippen LogP contribution is -2.43. The SMILES string of the molecule is CNC(C)(C)CC(C)(C)SC(C)(C)CC(C)C. The molecule has 0 rings (SSSR count). The molecule has 17 heavy (non-hydrogen) atoms. The minimum Gasteiger partial charge on any atom is -0.315 e. The largest absolute Gasteiger partial charge is 0.315 e. The van der Waals surface area contributed by atoms with Gasteiger partial charge >= 0.3 is 0 Å². The van der Waals surface area contributed by atoms with Crippen molar-refractivity contribution in [1.29, 1.82) is 0 Å². The van der Waals surface area contributed by atoms with Crippen LogP contribution in [0.25, 0.3) is 0 Å². The van der Waals surface area contributed by atoms with Crippen LogP contribution in [0.4, 0.5) is 0 Å². The van der Waals surface area contributed by atoms with Gasteiger partial charge in [-0.1, -0.05) is 41.5 Å². The zero-order valence-corrected chi connectivity index (χ0v) is 14.2. The normalized spacial score (nSPS) is 14.5. The van der Waals surface area contributed by atoms with Crippen molar-refractivity contribution in [2.24, 2.45) is 5.92 Å². The van der Waals surface area contributed by atoms with Crippen LogP contribution in [-0.4, -0.2) is 22.1 Å². The fourth-order valence-electron chi connectivity index (χ4n) is 2.96. The second kappa shape index (κ2) is 5.97. The van der Waals surface area contributed by atoms with Gasteiger partial charge in [-0.05, 0) is 39.7 Å². The Balaban J connectivity index is 4.53. The van der Waals surface area contributed by atoms with Crippen LogP contribution < -0.4 is 5.32 Å². The lowest BCUT2D eigenvalue weighted by Gasteiger charge is -2.40. The average molecular weight is 260 g/mol. The summed E-state index contributed by atoms with van der Waals surface area (Å²) in [5.74, 6) is 0.769. The predicted octanol–water partition coefficient (Wildman–Crippen LogP) is 4.71. The summed E-state index contributed by atoms with van der Waals surface area (Å²) in [4.78, 5) is 0. The molecule has 0 unspecified atom stereocenters. The van der Waals surface area contributed by atoms with Gasteiger partial charge in [-0.3, -0.25) is 0 Å². The molecule has 0 aliphatic rings. The van der Waals surface area contributed by atoms with Gasteiger partial charge in [0.2, 0.25) is 0 Å². The molecule has 0 bridgehead atoms. The van der Waals surface area contributed by atoms with Crippen LogP contribution in [0.15, 0.2) is 0 Å². The van der Waals surface area contributed by atoms with Crippen molar-refractivity contribution in [3.8, 4) is 0 Å². The molecule has 0 aromatic heterocycles. The van der Waals surface area contributed by atoms with E-state index in [-0.39, 0.29) is 5.54 Å². The molecule has 0 amide bonds. The molecule has 0 fully saturated rings. The van der Waals surface area contributed by atoms with Crippen LogP contribution in [0.5, 0.6) is 0 Å². The zero-order chi connectivity index (χ0) is 13.9. The fraction of sp³-hybridized carbons (Fsp3) is 1.00. The van der Waals surface area contributed by atoms with Crippen LogP contribution in [0, 0.1) is 5.92 Å². The molecular weight excluding hydrogens is 226 g/mol. The van der Waals surface area contributed by atoms with Crippen LogP contribution in [0.3, 0.4) is 0 Å². The Hall–Kier alpha value is 0.310. The number of thioether (sulfide) groups is 1. The highest BCUT2D eigenvalue weighted by Gasteiger charge is 2.34. The summed E-state index contributed by atoms with van der Waals surface area (Å²) in [5.41, 5.74) is 0.213. The Bertz CT molecular complexity index is 229. The molecule has 0 saturated heterocycles. The number of nitrogens with one attached hydrogen (secondary N) is 1. The monoisotopic (exact) mass is 259 g/mol. The predicted molar refractivity (Wildman–Crippen MR) is 83.0 cm³/mol. The van der Waals surface area contributed by atoms with Gasteiger partial charge in [-0.25, -0.2) is 0 Å². The molecule has 1 N–H and O–H groups in total. The van der Waals surface area contributed by atoms with E-state index < -0.39 is 0 Å². The third kappa shape index (κ3) is 8.10. The molecule has 0 heterocycles. The van der Waals surface area contributed by atoms with Crippen molar-refractivity contribution >= 4 is 11.8 Å². The fourth-order valence-corrected chi connectivity index (χ4v) is 5.31. The maximum atomic E-state index is 3.41. The summed E-state index contributed by atoms with van der Waals surface area (Å²) in [6.07, 6.45) is 2.46. The topological polar surface area (TPSA) is 12.0 Å². The Labute approximate surface area is 114 Å². The summed E-state index contributed by atoms with van der Waals surface area (Å²) in [5, 5.41) is 3.41. The van der Waals surface area contributed by atoms with E-state index in [1.807, 2.05) is 0 Å². The first kappa shape index (κ1) is 17.3. The Kier molecular flexibility index (Phi) is 6.08. The smallest absolute Gasteiger partial charge is 0.0135 e. The van der Waals surface area contributed by atoms with E-state index in [0.29, 0.717) is 9.49 Å².